The Morgan fingerprint density at radius 1 is 1.04 bits per heavy atom. The number of rotatable bonds is 5. The van der Waals surface area contributed by atoms with Gasteiger partial charge in [-0.25, -0.2) is 0 Å². The first kappa shape index (κ1) is 19.0. The third-order valence-electron chi connectivity index (χ3n) is 3.19. The van der Waals surface area contributed by atoms with Crippen molar-refractivity contribution in [2.24, 2.45) is 0 Å². The average Bonchev–Trinajstić information content (AvgIpc) is 2.52. The molecule has 2 rings (SSSR count). The molecule has 8 nitrogen and oxygen atoms in total. The van der Waals surface area contributed by atoms with Crippen LogP contribution in [0.15, 0.2) is 24.5 Å². The van der Waals surface area contributed by atoms with E-state index in [9.17, 15) is 14.4 Å². The number of carbonyl (C=O) groups is 3. The second-order valence-electron chi connectivity index (χ2n) is 5.30. The van der Waals surface area contributed by atoms with Crippen LogP contribution in [0.25, 0.3) is 0 Å². The SMILES string of the molecule is CC(=O)O[C@@H]1[C@@H](OC(C)=O)[C@H](OC(C)=O)CS[C@H]1Oc1cccnc1. The number of carbonyl (C=O) groups excluding carboxylic acids is 3. The highest BCUT2D eigenvalue weighted by Crippen LogP contribution is 2.34. The fraction of sp³-hybridized carbons (Fsp3) is 0.500. The van der Waals surface area contributed by atoms with E-state index in [0.717, 1.165) is 0 Å². The molecule has 0 aromatic carbocycles. The van der Waals surface area contributed by atoms with Crippen molar-refractivity contribution in [3.8, 4) is 5.75 Å². The molecule has 0 spiro atoms. The molecule has 25 heavy (non-hydrogen) atoms. The van der Waals surface area contributed by atoms with Gasteiger partial charge in [0.25, 0.3) is 0 Å². The Labute approximate surface area is 149 Å². The minimum absolute atomic E-state index is 0.320. The highest BCUT2D eigenvalue weighted by molar-refractivity contribution is 7.99. The minimum Gasteiger partial charge on any atom is -0.474 e. The van der Waals surface area contributed by atoms with Gasteiger partial charge < -0.3 is 18.9 Å². The minimum atomic E-state index is -0.965. The quantitative estimate of drug-likeness (QED) is 0.562. The molecule has 1 fully saturated rings. The predicted molar refractivity (Wildman–Crippen MR) is 87.8 cm³/mol. The fourth-order valence-electron chi connectivity index (χ4n) is 2.36. The smallest absolute Gasteiger partial charge is 0.303 e. The third kappa shape index (κ3) is 5.63. The van der Waals surface area contributed by atoms with Gasteiger partial charge in [0.2, 0.25) is 0 Å². The van der Waals surface area contributed by atoms with E-state index in [2.05, 4.69) is 4.98 Å². The predicted octanol–water partition coefficient (Wildman–Crippen LogP) is 1.33. The molecular weight excluding hydrogens is 350 g/mol. The van der Waals surface area contributed by atoms with Crippen LogP contribution in [0.1, 0.15) is 20.8 Å². The van der Waals surface area contributed by atoms with E-state index in [1.54, 1.807) is 18.3 Å². The summed E-state index contributed by atoms with van der Waals surface area (Å²) in [6, 6.07) is 3.41. The third-order valence-corrected chi connectivity index (χ3v) is 4.41. The van der Waals surface area contributed by atoms with Crippen LogP contribution in [-0.4, -0.2) is 52.4 Å². The maximum Gasteiger partial charge on any atom is 0.303 e. The lowest BCUT2D eigenvalue weighted by Crippen LogP contribution is -2.55. The van der Waals surface area contributed by atoms with Gasteiger partial charge in [0.05, 0.1) is 6.20 Å². The first-order valence-corrected chi connectivity index (χ1v) is 8.61. The topological polar surface area (TPSA) is 101 Å². The van der Waals surface area contributed by atoms with Gasteiger partial charge >= 0.3 is 17.9 Å². The van der Waals surface area contributed by atoms with Crippen LogP contribution in [0, 0.1) is 0 Å². The number of nitrogens with zero attached hydrogens (tertiary/aromatic N) is 1. The van der Waals surface area contributed by atoms with E-state index in [-0.39, 0.29) is 0 Å². The summed E-state index contributed by atoms with van der Waals surface area (Å²) in [6.45, 7) is 3.73. The molecule has 0 radical (unpaired) electrons. The summed E-state index contributed by atoms with van der Waals surface area (Å²) in [5.41, 5.74) is -0.649. The van der Waals surface area contributed by atoms with E-state index in [1.807, 2.05) is 0 Å². The Bertz CT molecular complexity index is 624. The van der Waals surface area contributed by atoms with Gasteiger partial charge in [0.1, 0.15) is 5.75 Å². The first-order chi connectivity index (χ1) is 11.9. The molecule has 4 atom stereocenters. The number of ether oxygens (including phenoxy) is 4. The summed E-state index contributed by atoms with van der Waals surface area (Å²) in [7, 11) is 0. The van der Waals surface area contributed by atoms with Crippen LogP contribution in [0.2, 0.25) is 0 Å². The van der Waals surface area contributed by atoms with Crippen LogP contribution in [-0.2, 0) is 28.6 Å². The maximum absolute atomic E-state index is 11.5. The van der Waals surface area contributed by atoms with Crippen molar-refractivity contribution in [3.63, 3.8) is 0 Å². The molecule has 9 heteroatoms. The Morgan fingerprint density at radius 3 is 2.24 bits per heavy atom. The van der Waals surface area contributed by atoms with E-state index in [0.29, 0.717) is 11.5 Å². The zero-order chi connectivity index (χ0) is 18.4. The maximum atomic E-state index is 11.5. The summed E-state index contributed by atoms with van der Waals surface area (Å²) in [4.78, 5) is 38.3. The number of thioether (sulfide) groups is 1. The van der Waals surface area contributed by atoms with Crippen LogP contribution < -0.4 is 4.74 Å². The lowest BCUT2D eigenvalue weighted by atomic mass is 10.1. The number of hydrogen-bond acceptors (Lipinski definition) is 9. The van der Waals surface area contributed by atoms with Gasteiger partial charge in [-0.05, 0) is 12.1 Å². The largest absolute Gasteiger partial charge is 0.474 e. The van der Waals surface area contributed by atoms with Crippen molar-refractivity contribution in [2.75, 3.05) is 5.75 Å². The van der Waals surface area contributed by atoms with Crippen molar-refractivity contribution >= 4 is 29.7 Å². The van der Waals surface area contributed by atoms with Crippen LogP contribution in [0.5, 0.6) is 5.75 Å². The molecule has 0 amide bonds. The molecule has 0 bridgehead atoms. The summed E-state index contributed by atoms with van der Waals surface area (Å²) in [6.07, 6.45) is 0.468. The molecule has 1 aliphatic heterocycles. The van der Waals surface area contributed by atoms with Gasteiger partial charge in [-0.1, -0.05) is 0 Å². The highest BCUT2D eigenvalue weighted by Gasteiger charge is 2.47. The van der Waals surface area contributed by atoms with E-state index < -0.39 is 41.7 Å². The van der Waals surface area contributed by atoms with Crippen molar-refractivity contribution in [1.29, 1.82) is 0 Å². The van der Waals surface area contributed by atoms with E-state index in [1.165, 1.54) is 38.7 Å². The van der Waals surface area contributed by atoms with E-state index in [4.69, 9.17) is 18.9 Å². The van der Waals surface area contributed by atoms with Crippen LogP contribution in [0.3, 0.4) is 0 Å². The number of hydrogen-bond donors (Lipinski definition) is 0. The first-order valence-electron chi connectivity index (χ1n) is 7.56. The number of esters is 3. The molecule has 1 aliphatic rings. The summed E-state index contributed by atoms with van der Waals surface area (Å²) in [5.74, 6) is -0.863. The Morgan fingerprint density at radius 2 is 1.68 bits per heavy atom. The molecule has 2 heterocycles. The van der Waals surface area contributed by atoms with Gasteiger partial charge in [0.15, 0.2) is 23.7 Å². The molecule has 1 saturated heterocycles. The Balaban J connectivity index is 2.25. The molecule has 0 unspecified atom stereocenters. The van der Waals surface area contributed by atoms with E-state index >= 15 is 0 Å². The van der Waals surface area contributed by atoms with Crippen molar-refractivity contribution in [3.05, 3.63) is 24.5 Å². The molecule has 0 saturated carbocycles. The van der Waals surface area contributed by atoms with Crippen LogP contribution >= 0.6 is 11.8 Å². The molecule has 0 aliphatic carbocycles. The Hall–Kier alpha value is -2.29. The lowest BCUT2D eigenvalue weighted by Gasteiger charge is -2.39. The van der Waals surface area contributed by atoms with Gasteiger partial charge in [-0.2, -0.15) is 0 Å². The molecule has 1 aromatic rings. The normalized spacial score (nSPS) is 25.6. The highest BCUT2D eigenvalue weighted by atomic mass is 32.2. The second kappa shape index (κ2) is 8.70. The van der Waals surface area contributed by atoms with Gasteiger partial charge in [0, 0.05) is 32.7 Å². The zero-order valence-electron chi connectivity index (χ0n) is 14.0. The average molecular weight is 369 g/mol. The molecular formula is C16H19NO7S. The van der Waals surface area contributed by atoms with Crippen molar-refractivity contribution in [2.45, 2.75) is 44.5 Å². The van der Waals surface area contributed by atoms with Crippen molar-refractivity contribution in [1.82, 2.24) is 4.98 Å². The van der Waals surface area contributed by atoms with Crippen molar-refractivity contribution < 1.29 is 33.3 Å². The monoisotopic (exact) mass is 369 g/mol. The second-order valence-corrected chi connectivity index (χ2v) is 6.44. The summed E-state index contributed by atoms with van der Waals surface area (Å²) < 4.78 is 21.7. The number of pyridine rings is 1. The summed E-state index contributed by atoms with van der Waals surface area (Å²) in [5, 5.41) is 0. The standard InChI is InChI=1S/C16H19NO7S/c1-9(18)21-13-8-25-16(24-12-5-4-6-17-7-12)15(23-11(3)20)14(13)22-10(2)19/h4-7,13-16H,8H2,1-3H3/t13-,14+,15-,16-/m1/s1. The van der Waals surface area contributed by atoms with Crippen LogP contribution in [0.4, 0.5) is 0 Å². The molecule has 136 valence electrons. The zero-order valence-corrected chi connectivity index (χ0v) is 14.9. The van der Waals surface area contributed by atoms with Gasteiger partial charge in [-0.3, -0.25) is 19.4 Å². The number of aromatic nitrogens is 1. The Kier molecular flexibility index (Phi) is 6.63. The fourth-order valence-corrected chi connectivity index (χ4v) is 3.58. The van der Waals surface area contributed by atoms with Gasteiger partial charge in [-0.15, -0.1) is 11.8 Å². The summed E-state index contributed by atoms with van der Waals surface area (Å²) >= 11 is 1.29. The molecule has 0 N–H and O–H groups in total. The molecule has 1 aromatic heterocycles. The lowest BCUT2D eigenvalue weighted by molar-refractivity contribution is -0.186.